The number of amides is 1. The van der Waals surface area contributed by atoms with Gasteiger partial charge in [0.25, 0.3) is 0 Å². The molecule has 1 N–H and O–H groups in total. The monoisotopic (exact) mass is 900 g/mol. The van der Waals surface area contributed by atoms with Crippen LogP contribution in [0.5, 0.6) is 0 Å². The van der Waals surface area contributed by atoms with E-state index in [9.17, 15) is 4.79 Å². The molecular formula is C58H117N5O. The Morgan fingerprint density at radius 3 is 1.06 bits per heavy atom. The van der Waals surface area contributed by atoms with E-state index in [0.717, 1.165) is 52.2 Å². The summed E-state index contributed by atoms with van der Waals surface area (Å²) >= 11 is 0. The maximum Gasteiger partial charge on any atom is 0.236 e. The second-order valence-electron chi connectivity index (χ2n) is 20.6. The van der Waals surface area contributed by atoms with Gasteiger partial charge in [-0.2, -0.15) is 0 Å². The van der Waals surface area contributed by atoms with Gasteiger partial charge in [-0.05, 0) is 96.8 Å². The average Bonchev–Trinajstić information content (AvgIpc) is 4.14. The van der Waals surface area contributed by atoms with Gasteiger partial charge in [0.15, 0.2) is 0 Å². The minimum atomic E-state index is 0.357. The van der Waals surface area contributed by atoms with Crippen molar-refractivity contribution in [3.63, 3.8) is 0 Å². The summed E-state index contributed by atoms with van der Waals surface area (Å²) in [5.74, 6) is 0.357. The number of carbonyl (C=O) groups excluding carboxylic acids is 1. The Morgan fingerprint density at radius 2 is 0.672 bits per heavy atom. The molecule has 6 nitrogen and oxygen atoms in total. The zero-order valence-corrected chi connectivity index (χ0v) is 44.6. The van der Waals surface area contributed by atoms with Gasteiger partial charge < -0.3 is 20.0 Å². The van der Waals surface area contributed by atoms with Gasteiger partial charge in [0.2, 0.25) is 5.91 Å². The standard InChI is InChI=1S/C58H117N5O/c1-6-11-16-20-24-25-26-27-28-32-35-37-46-60(45-15-10-5)50-41-51-63(52-44-59-55-57-42-43-57)58(64)56-62(49-40-36-31-23-19-14-9-4)54-53-61(47-38-33-29-21-17-12-7-2)48-39-34-30-22-18-13-8-3/h55,59H,6-54,56H2,1-5H3. The van der Waals surface area contributed by atoms with Crippen molar-refractivity contribution in [3.8, 4) is 0 Å². The smallest absolute Gasteiger partial charge is 0.236 e. The van der Waals surface area contributed by atoms with E-state index in [-0.39, 0.29) is 0 Å². The summed E-state index contributed by atoms with van der Waals surface area (Å²) in [6, 6.07) is 0. The van der Waals surface area contributed by atoms with Gasteiger partial charge in [0, 0.05) is 32.7 Å². The first-order chi connectivity index (χ1) is 31.6. The third-order valence-electron chi connectivity index (χ3n) is 14.1. The maximum absolute atomic E-state index is 14.4. The highest BCUT2D eigenvalue weighted by Crippen LogP contribution is 2.26. The highest BCUT2D eigenvalue weighted by molar-refractivity contribution is 5.78. The van der Waals surface area contributed by atoms with Gasteiger partial charge >= 0.3 is 0 Å². The minimum absolute atomic E-state index is 0.357. The number of unbranched alkanes of at least 4 members (excludes halogenated alkanes) is 30. The van der Waals surface area contributed by atoms with Gasteiger partial charge in [-0.1, -0.05) is 233 Å². The van der Waals surface area contributed by atoms with Crippen LogP contribution in [-0.4, -0.2) is 104 Å². The summed E-state index contributed by atoms with van der Waals surface area (Å²) in [6.07, 6.45) is 53.7. The van der Waals surface area contributed by atoms with E-state index < -0.39 is 0 Å². The lowest BCUT2D eigenvalue weighted by Crippen LogP contribution is -2.46. The third kappa shape index (κ3) is 41.1. The van der Waals surface area contributed by atoms with Crippen molar-refractivity contribution in [2.75, 3.05) is 78.5 Å². The molecule has 0 spiro atoms. The number of nitrogens with zero attached hydrogens (tertiary/aromatic N) is 4. The average molecular weight is 901 g/mol. The van der Waals surface area contributed by atoms with E-state index in [2.05, 4.69) is 65.7 Å². The number of hydrogen-bond donors (Lipinski definition) is 1. The summed E-state index contributed by atoms with van der Waals surface area (Å²) in [5, 5.41) is 3.57. The Bertz CT molecular complexity index is 964. The molecule has 0 aromatic rings. The molecular weight excluding hydrogens is 783 g/mol. The summed E-state index contributed by atoms with van der Waals surface area (Å²) in [7, 11) is 0. The molecule has 1 amide bonds. The highest BCUT2D eigenvalue weighted by Gasteiger charge is 2.19. The molecule has 0 bridgehead atoms. The molecule has 1 aliphatic rings. The topological polar surface area (TPSA) is 42.1 Å². The number of hydrogen-bond acceptors (Lipinski definition) is 5. The maximum atomic E-state index is 14.4. The van der Waals surface area contributed by atoms with Crippen LogP contribution in [-0.2, 0) is 4.79 Å². The third-order valence-corrected chi connectivity index (χ3v) is 14.1. The number of allylic oxidation sites excluding steroid dienone is 1. The van der Waals surface area contributed by atoms with Gasteiger partial charge in [-0.15, -0.1) is 0 Å². The molecule has 1 saturated carbocycles. The van der Waals surface area contributed by atoms with Crippen molar-refractivity contribution in [1.82, 2.24) is 24.9 Å². The van der Waals surface area contributed by atoms with E-state index in [4.69, 9.17) is 0 Å². The predicted molar refractivity (Wildman–Crippen MR) is 286 cm³/mol. The predicted octanol–water partition coefficient (Wildman–Crippen LogP) is 16.1. The molecule has 0 aromatic heterocycles. The lowest BCUT2D eigenvalue weighted by molar-refractivity contribution is -0.132. The molecule has 1 aliphatic carbocycles. The quantitative estimate of drug-likeness (QED) is 0.0616. The van der Waals surface area contributed by atoms with E-state index in [1.54, 1.807) is 0 Å². The van der Waals surface area contributed by atoms with Crippen molar-refractivity contribution in [1.29, 1.82) is 0 Å². The molecule has 64 heavy (non-hydrogen) atoms. The SMILES string of the molecule is CCCCCCCCCCCCCCN(CCCC)CCCN(CCNC=C1CC1)C(=O)CN(CCCCCCCCC)CCN(CCCCCCCCC)CCCCCCCCC. The molecule has 0 heterocycles. The first-order valence-corrected chi connectivity index (χ1v) is 29.4. The summed E-state index contributed by atoms with van der Waals surface area (Å²) in [4.78, 5) is 24.8. The van der Waals surface area contributed by atoms with Crippen LogP contribution in [0.1, 0.15) is 279 Å². The number of nitrogens with one attached hydrogen (secondary N) is 1. The van der Waals surface area contributed by atoms with Crippen LogP contribution in [0.3, 0.4) is 0 Å². The van der Waals surface area contributed by atoms with Gasteiger partial charge in [-0.3, -0.25) is 9.69 Å². The highest BCUT2D eigenvalue weighted by atomic mass is 16.2. The van der Waals surface area contributed by atoms with E-state index >= 15 is 0 Å². The summed E-state index contributed by atoms with van der Waals surface area (Å²) in [5.41, 5.74) is 1.53. The van der Waals surface area contributed by atoms with Crippen LogP contribution in [0.25, 0.3) is 0 Å². The fourth-order valence-electron chi connectivity index (χ4n) is 9.43. The number of rotatable bonds is 53. The molecule has 0 radical (unpaired) electrons. The van der Waals surface area contributed by atoms with E-state index in [1.807, 2.05) is 0 Å². The lowest BCUT2D eigenvalue weighted by Gasteiger charge is -2.31. The molecule has 0 atom stereocenters. The lowest BCUT2D eigenvalue weighted by atomic mass is 10.1. The molecule has 1 fully saturated rings. The summed E-state index contributed by atoms with van der Waals surface area (Å²) in [6.45, 7) is 23.9. The van der Waals surface area contributed by atoms with Crippen LogP contribution < -0.4 is 5.32 Å². The van der Waals surface area contributed by atoms with E-state index in [1.165, 1.54) is 269 Å². The molecule has 0 unspecified atom stereocenters. The van der Waals surface area contributed by atoms with Crippen LogP contribution in [0.4, 0.5) is 0 Å². The van der Waals surface area contributed by atoms with Crippen molar-refractivity contribution in [2.24, 2.45) is 0 Å². The van der Waals surface area contributed by atoms with Crippen molar-refractivity contribution in [3.05, 3.63) is 11.8 Å². The summed E-state index contributed by atoms with van der Waals surface area (Å²) < 4.78 is 0. The largest absolute Gasteiger partial charge is 0.389 e. The van der Waals surface area contributed by atoms with Crippen LogP contribution in [0, 0.1) is 0 Å². The zero-order chi connectivity index (χ0) is 46.2. The Hall–Kier alpha value is -1.11. The van der Waals surface area contributed by atoms with Crippen LogP contribution >= 0.6 is 0 Å². The molecule has 1 rings (SSSR count). The second-order valence-corrected chi connectivity index (χ2v) is 20.6. The van der Waals surface area contributed by atoms with E-state index in [0.29, 0.717) is 12.5 Å². The van der Waals surface area contributed by atoms with Gasteiger partial charge in [0.1, 0.15) is 0 Å². The van der Waals surface area contributed by atoms with Crippen molar-refractivity contribution >= 4 is 5.91 Å². The Balaban J connectivity index is 2.85. The van der Waals surface area contributed by atoms with Crippen LogP contribution in [0.15, 0.2) is 11.8 Å². The van der Waals surface area contributed by atoms with Crippen molar-refractivity contribution in [2.45, 2.75) is 279 Å². The molecule has 380 valence electrons. The molecule has 0 aromatic carbocycles. The Morgan fingerprint density at radius 1 is 0.359 bits per heavy atom. The molecule has 0 saturated heterocycles. The van der Waals surface area contributed by atoms with Gasteiger partial charge in [-0.25, -0.2) is 0 Å². The zero-order valence-electron chi connectivity index (χ0n) is 44.6. The Kier molecular flexibility index (Phi) is 46.0. The first-order valence-electron chi connectivity index (χ1n) is 29.4. The molecule has 6 heteroatoms. The Labute approximate surface area is 403 Å². The fourth-order valence-corrected chi connectivity index (χ4v) is 9.43. The fraction of sp³-hybridized carbons (Fsp3) is 0.948. The normalized spacial score (nSPS) is 12.7. The second kappa shape index (κ2) is 48.4. The number of carbonyl (C=O) groups is 1. The minimum Gasteiger partial charge on any atom is -0.389 e. The first kappa shape index (κ1) is 60.9. The van der Waals surface area contributed by atoms with Gasteiger partial charge in [0.05, 0.1) is 6.54 Å². The van der Waals surface area contributed by atoms with Crippen LogP contribution in [0.2, 0.25) is 0 Å². The van der Waals surface area contributed by atoms with Crippen molar-refractivity contribution < 1.29 is 4.79 Å². The molecule has 0 aliphatic heterocycles.